The molecule has 0 unspecified atom stereocenters. The average molecular weight is 194 g/mol. The van der Waals surface area contributed by atoms with Gasteiger partial charge in [0.05, 0.1) is 0 Å². The molecule has 0 bridgehead atoms. The zero-order valence-corrected chi connectivity index (χ0v) is 8.63. The van der Waals surface area contributed by atoms with Gasteiger partial charge in [-0.1, -0.05) is 6.92 Å². The molecule has 0 atom stereocenters. The molecule has 14 heavy (non-hydrogen) atoms. The lowest BCUT2D eigenvalue weighted by atomic mass is 10.1. The molecule has 0 radical (unpaired) electrons. The summed E-state index contributed by atoms with van der Waals surface area (Å²) in [6, 6.07) is 1.84. The van der Waals surface area contributed by atoms with E-state index in [4.69, 9.17) is 9.52 Å². The van der Waals surface area contributed by atoms with Gasteiger partial charge < -0.3 is 9.52 Å². The van der Waals surface area contributed by atoms with E-state index >= 15 is 0 Å². The van der Waals surface area contributed by atoms with Gasteiger partial charge in [-0.15, -0.1) is 0 Å². The van der Waals surface area contributed by atoms with Gasteiger partial charge in [-0.05, 0) is 38.0 Å². The second-order valence-corrected chi connectivity index (χ2v) is 3.22. The minimum Gasteiger partial charge on any atom is -0.478 e. The highest BCUT2D eigenvalue weighted by Gasteiger charge is 2.07. The molecule has 1 aromatic heterocycles. The van der Waals surface area contributed by atoms with Crippen molar-refractivity contribution in [2.45, 2.75) is 27.2 Å². The second kappa shape index (κ2) is 4.13. The Balaban J connectivity index is 3.00. The molecule has 0 amide bonds. The summed E-state index contributed by atoms with van der Waals surface area (Å²) in [5, 5.41) is 8.80. The van der Waals surface area contributed by atoms with Crippen LogP contribution in [-0.4, -0.2) is 11.1 Å². The number of hydrogen-bond donors (Lipinski definition) is 1. The number of rotatable bonds is 3. The predicted molar refractivity (Wildman–Crippen MR) is 54.1 cm³/mol. The number of furan rings is 1. The number of carboxylic acid groups (broad SMARTS) is 1. The average Bonchev–Trinajstić information content (AvgIpc) is 2.41. The minimum atomic E-state index is -0.890. The van der Waals surface area contributed by atoms with E-state index in [2.05, 4.69) is 0 Å². The van der Waals surface area contributed by atoms with E-state index in [-0.39, 0.29) is 0 Å². The third-order valence-electron chi connectivity index (χ3n) is 2.16. The van der Waals surface area contributed by atoms with E-state index in [1.165, 1.54) is 0 Å². The van der Waals surface area contributed by atoms with Gasteiger partial charge in [-0.2, -0.15) is 0 Å². The van der Waals surface area contributed by atoms with Crippen molar-refractivity contribution in [2.75, 3.05) is 0 Å². The molecule has 3 nitrogen and oxygen atoms in total. The van der Waals surface area contributed by atoms with Crippen molar-refractivity contribution in [3.05, 3.63) is 28.7 Å². The van der Waals surface area contributed by atoms with Crippen LogP contribution in [0.2, 0.25) is 0 Å². The van der Waals surface area contributed by atoms with E-state index in [1.807, 2.05) is 26.8 Å². The van der Waals surface area contributed by atoms with Crippen molar-refractivity contribution in [1.29, 1.82) is 0 Å². The Bertz CT molecular complexity index is 352. The summed E-state index contributed by atoms with van der Waals surface area (Å²) in [4.78, 5) is 10.7. The van der Waals surface area contributed by atoms with Crippen LogP contribution in [0.3, 0.4) is 0 Å². The van der Waals surface area contributed by atoms with Crippen molar-refractivity contribution >= 4 is 12.0 Å². The fourth-order valence-electron chi connectivity index (χ4n) is 1.16. The molecule has 1 N–H and O–H groups in total. The number of aliphatic carboxylic acids is 1. The van der Waals surface area contributed by atoms with Gasteiger partial charge in [0.1, 0.15) is 11.5 Å². The quantitative estimate of drug-likeness (QED) is 0.752. The monoisotopic (exact) mass is 194 g/mol. The maximum Gasteiger partial charge on any atom is 0.331 e. The highest BCUT2D eigenvalue weighted by Crippen LogP contribution is 2.17. The topological polar surface area (TPSA) is 50.4 Å². The van der Waals surface area contributed by atoms with Crippen LogP contribution in [0.5, 0.6) is 0 Å². The van der Waals surface area contributed by atoms with E-state index in [0.717, 1.165) is 11.3 Å². The summed E-state index contributed by atoms with van der Waals surface area (Å²) in [5.74, 6) is 0.551. The van der Waals surface area contributed by atoms with Crippen LogP contribution in [0, 0.1) is 13.8 Å². The maximum atomic E-state index is 10.7. The first-order valence-electron chi connectivity index (χ1n) is 4.55. The SMILES string of the molecule is CC/C(=C/c1cc(C)c(C)o1)C(=O)O. The molecule has 0 aliphatic heterocycles. The Hall–Kier alpha value is -1.51. The molecular weight excluding hydrogens is 180 g/mol. The summed E-state index contributed by atoms with van der Waals surface area (Å²) in [6.07, 6.45) is 2.07. The van der Waals surface area contributed by atoms with Crippen LogP contribution in [-0.2, 0) is 4.79 Å². The van der Waals surface area contributed by atoms with Crippen LogP contribution in [0.25, 0.3) is 6.08 Å². The smallest absolute Gasteiger partial charge is 0.331 e. The number of carbonyl (C=O) groups is 1. The van der Waals surface area contributed by atoms with Crippen LogP contribution < -0.4 is 0 Å². The summed E-state index contributed by atoms with van der Waals surface area (Å²) in [7, 11) is 0. The van der Waals surface area contributed by atoms with E-state index < -0.39 is 5.97 Å². The molecule has 0 saturated heterocycles. The fraction of sp³-hybridized carbons (Fsp3) is 0.364. The molecule has 0 saturated carbocycles. The first kappa shape index (κ1) is 10.6. The van der Waals surface area contributed by atoms with Crippen LogP contribution >= 0.6 is 0 Å². The zero-order valence-electron chi connectivity index (χ0n) is 8.63. The molecule has 0 fully saturated rings. The van der Waals surface area contributed by atoms with Crippen LogP contribution in [0.1, 0.15) is 30.4 Å². The Morgan fingerprint density at radius 2 is 2.21 bits per heavy atom. The molecule has 0 aliphatic carbocycles. The van der Waals surface area contributed by atoms with Gasteiger partial charge in [-0.25, -0.2) is 4.79 Å². The first-order valence-corrected chi connectivity index (χ1v) is 4.55. The molecular formula is C11H14O3. The van der Waals surface area contributed by atoms with Crippen LogP contribution in [0.15, 0.2) is 16.1 Å². The highest BCUT2D eigenvalue weighted by molar-refractivity contribution is 5.91. The largest absolute Gasteiger partial charge is 0.478 e. The standard InChI is InChI=1S/C11H14O3/c1-4-9(11(12)13)6-10-5-7(2)8(3)14-10/h5-6H,4H2,1-3H3,(H,12,13)/b9-6-. The molecule has 0 aromatic carbocycles. The number of aryl methyl sites for hydroxylation is 2. The Kier molecular flexibility index (Phi) is 3.12. The van der Waals surface area contributed by atoms with Crippen molar-refractivity contribution in [3.8, 4) is 0 Å². The molecule has 3 heteroatoms. The van der Waals surface area contributed by atoms with E-state index in [9.17, 15) is 4.79 Å². The molecule has 0 spiro atoms. The summed E-state index contributed by atoms with van der Waals surface area (Å²) in [5.41, 5.74) is 1.40. The van der Waals surface area contributed by atoms with E-state index in [0.29, 0.717) is 17.8 Å². The summed E-state index contributed by atoms with van der Waals surface area (Å²) >= 11 is 0. The van der Waals surface area contributed by atoms with Gasteiger partial charge in [0.2, 0.25) is 0 Å². The normalized spacial score (nSPS) is 11.8. The lowest BCUT2D eigenvalue weighted by molar-refractivity contribution is -0.132. The molecule has 1 heterocycles. The Morgan fingerprint density at radius 3 is 2.57 bits per heavy atom. The summed E-state index contributed by atoms with van der Waals surface area (Å²) in [6.45, 7) is 5.60. The molecule has 1 aromatic rings. The van der Waals surface area contributed by atoms with E-state index in [1.54, 1.807) is 6.08 Å². The molecule has 1 rings (SSSR count). The van der Waals surface area contributed by atoms with Gasteiger partial charge in [0.25, 0.3) is 0 Å². The summed E-state index contributed by atoms with van der Waals surface area (Å²) < 4.78 is 5.36. The Morgan fingerprint density at radius 1 is 1.57 bits per heavy atom. The van der Waals surface area contributed by atoms with Gasteiger partial charge in [-0.3, -0.25) is 0 Å². The lowest BCUT2D eigenvalue weighted by Crippen LogP contribution is -1.98. The second-order valence-electron chi connectivity index (χ2n) is 3.22. The third-order valence-corrected chi connectivity index (χ3v) is 2.16. The minimum absolute atomic E-state index is 0.360. The lowest BCUT2D eigenvalue weighted by Gasteiger charge is -1.94. The number of carboxylic acids is 1. The van der Waals surface area contributed by atoms with Gasteiger partial charge in [0, 0.05) is 5.57 Å². The predicted octanol–water partition coefficient (Wildman–Crippen LogP) is 2.77. The zero-order chi connectivity index (χ0) is 10.7. The molecule has 76 valence electrons. The van der Waals surface area contributed by atoms with Crippen LogP contribution in [0.4, 0.5) is 0 Å². The van der Waals surface area contributed by atoms with Crippen molar-refractivity contribution in [2.24, 2.45) is 0 Å². The number of hydrogen-bond acceptors (Lipinski definition) is 2. The van der Waals surface area contributed by atoms with Crippen molar-refractivity contribution in [1.82, 2.24) is 0 Å². The first-order chi connectivity index (χ1) is 6.54. The Labute approximate surface area is 83.0 Å². The fourth-order valence-corrected chi connectivity index (χ4v) is 1.16. The highest BCUT2D eigenvalue weighted by atomic mass is 16.4. The van der Waals surface area contributed by atoms with Crippen molar-refractivity contribution < 1.29 is 14.3 Å². The third kappa shape index (κ3) is 2.25. The van der Waals surface area contributed by atoms with Crippen molar-refractivity contribution in [3.63, 3.8) is 0 Å². The maximum absolute atomic E-state index is 10.7. The van der Waals surface area contributed by atoms with Gasteiger partial charge >= 0.3 is 5.97 Å². The molecule has 0 aliphatic rings. The van der Waals surface area contributed by atoms with Gasteiger partial charge in [0.15, 0.2) is 0 Å².